The number of nitrogens with zero attached hydrogens (tertiary/aromatic N) is 1. The van der Waals surface area contributed by atoms with Gasteiger partial charge >= 0.3 is 17.9 Å². The molecule has 0 fully saturated rings. The molecule has 188 valence electrons. The first-order chi connectivity index (χ1) is 16.5. The summed E-state index contributed by atoms with van der Waals surface area (Å²) in [4.78, 5) is 53.6. The number of aromatic nitrogens is 1. The van der Waals surface area contributed by atoms with Crippen LogP contribution in [0.3, 0.4) is 0 Å². The maximum absolute atomic E-state index is 12.9. The first kappa shape index (κ1) is 27.5. The quantitative estimate of drug-likeness (QED) is 0.343. The monoisotopic (exact) mass is 485 g/mol. The van der Waals surface area contributed by atoms with Crippen LogP contribution in [0, 0.1) is 11.8 Å². The number of carbonyl (C=O) groups is 4. The molecule has 0 saturated carbocycles. The van der Waals surface area contributed by atoms with E-state index in [1.807, 2.05) is 13.8 Å². The van der Waals surface area contributed by atoms with Crippen molar-refractivity contribution in [2.24, 2.45) is 11.8 Å². The largest absolute Gasteiger partial charge is 0.493 e. The van der Waals surface area contributed by atoms with Crippen LogP contribution in [0.15, 0.2) is 42.6 Å². The summed E-state index contributed by atoms with van der Waals surface area (Å²) in [5.74, 6) is -3.21. The number of hydrogen-bond donors (Lipinski definition) is 0. The number of methoxy groups -OCH3 is 1. The van der Waals surface area contributed by atoms with E-state index < -0.39 is 41.8 Å². The summed E-state index contributed by atoms with van der Waals surface area (Å²) >= 11 is 0. The summed E-state index contributed by atoms with van der Waals surface area (Å²) in [6, 6.07) is 9.99. The highest BCUT2D eigenvalue weighted by Gasteiger charge is 2.31. The molecule has 3 atom stereocenters. The van der Waals surface area contributed by atoms with Crippen LogP contribution in [0.25, 0.3) is 0 Å². The molecule has 0 bridgehead atoms. The van der Waals surface area contributed by atoms with Crippen molar-refractivity contribution in [3.05, 3.63) is 53.9 Å². The highest BCUT2D eigenvalue weighted by molar-refractivity contribution is 6.00. The molecule has 2 rings (SSSR count). The topological polar surface area (TPSA) is 118 Å². The van der Waals surface area contributed by atoms with Crippen LogP contribution in [-0.4, -0.2) is 48.0 Å². The molecule has 0 aliphatic heterocycles. The highest BCUT2D eigenvalue weighted by Crippen LogP contribution is 2.31. The van der Waals surface area contributed by atoms with Gasteiger partial charge in [0.2, 0.25) is 5.75 Å². The summed E-state index contributed by atoms with van der Waals surface area (Å²) in [5, 5.41) is 0. The summed E-state index contributed by atoms with van der Waals surface area (Å²) in [6.07, 6.45) is -0.335. The van der Waals surface area contributed by atoms with Crippen molar-refractivity contribution in [2.75, 3.05) is 7.11 Å². The number of benzene rings is 1. The smallest absolute Gasteiger partial charge is 0.338 e. The Morgan fingerprint density at radius 3 is 2.17 bits per heavy atom. The minimum Gasteiger partial charge on any atom is -0.493 e. The summed E-state index contributed by atoms with van der Waals surface area (Å²) in [7, 11) is 1.37. The van der Waals surface area contributed by atoms with Gasteiger partial charge in [0.05, 0.1) is 18.6 Å². The molecular formula is C26H31NO8. The van der Waals surface area contributed by atoms with Gasteiger partial charge in [-0.25, -0.2) is 9.78 Å². The predicted octanol–water partition coefficient (Wildman–Crippen LogP) is 4.04. The summed E-state index contributed by atoms with van der Waals surface area (Å²) in [6.45, 7) is 8.07. The van der Waals surface area contributed by atoms with Crippen LogP contribution in [0.1, 0.15) is 61.9 Å². The van der Waals surface area contributed by atoms with Crippen LogP contribution in [-0.2, 0) is 19.1 Å². The molecule has 1 aromatic heterocycles. The number of Topliss-reactive ketones (excluding diaryl/α,β-unsaturated/α-hetero) is 1. The molecule has 2 aromatic rings. The van der Waals surface area contributed by atoms with Crippen molar-refractivity contribution in [1.29, 1.82) is 0 Å². The SMILES string of the molecule is COc1ccnc(C(=O)C[C@@H](C)C(=O)O[C@@H](C)[C@@H](OC(=O)c2ccccc2)C(C)C)c1OC(C)=O. The minimum atomic E-state index is -0.833. The van der Waals surface area contributed by atoms with Crippen LogP contribution in [0.4, 0.5) is 0 Å². The molecular weight excluding hydrogens is 454 g/mol. The first-order valence-electron chi connectivity index (χ1n) is 11.3. The molecule has 9 heteroatoms. The number of hydrogen-bond acceptors (Lipinski definition) is 9. The van der Waals surface area contributed by atoms with Gasteiger partial charge in [-0.3, -0.25) is 14.4 Å². The molecule has 0 spiro atoms. The normalized spacial score (nSPS) is 13.3. The molecule has 0 N–H and O–H groups in total. The maximum Gasteiger partial charge on any atom is 0.338 e. The zero-order chi connectivity index (χ0) is 26.1. The molecule has 0 aliphatic rings. The molecule has 0 radical (unpaired) electrons. The second kappa shape index (κ2) is 12.6. The van der Waals surface area contributed by atoms with Gasteiger partial charge < -0.3 is 18.9 Å². The Kier molecular flexibility index (Phi) is 9.93. The number of rotatable bonds is 11. The molecule has 1 heterocycles. The predicted molar refractivity (Wildman–Crippen MR) is 126 cm³/mol. The summed E-state index contributed by atoms with van der Waals surface area (Å²) < 4.78 is 21.4. The van der Waals surface area contributed by atoms with Gasteiger partial charge in [-0.2, -0.15) is 0 Å². The van der Waals surface area contributed by atoms with Crippen molar-refractivity contribution in [3.63, 3.8) is 0 Å². The zero-order valence-electron chi connectivity index (χ0n) is 20.8. The molecule has 0 amide bonds. The van der Waals surface area contributed by atoms with E-state index in [1.54, 1.807) is 44.2 Å². The van der Waals surface area contributed by atoms with Crippen LogP contribution in [0.5, 0.6) is 11.5 Å². The second-order valence-corrected chi connectivity index (χ2v) is 8.43. The standard InChI is InChI=1S/C26H31NO8/c1-15(2)23(35-26(31)19-10-8-7-9-11-19)17(4)33-25(30)16(3)14-20(29)22-24(34-18(5)28)21(32-6)12-13-27-22/h7-13,15-17,23H,14H2,1-6H3/t16-,17+,23+/m1/s1. The van der Waals surface area contributed by atoms with Crippen molar-refractivity contribution < 1.29 is 38.1 Å². The molecule has 9 nitrogen and oxygen atoms in total. The summed E-state index contributed by atoms with van der Waals surface area (Å²) in [5.41, 5.74) is 0.272. The fourth-order valence-corrected chi connectivity index (χ4v) is 3.40. The van der Waals surface area contributed by atoms with Gasteiger partial charge in [0, 0.05) is 25.6 Å². The number of pyridine rings is 1. The van der Waals surface area contributed by atoms with E-state index in [0.717, 1.165) is 0 Å². The minimum absolute atomic E-state index is 0.103. The van der Waals surface area contributed by atoms with E-state index in [0.29, 0.717) is 5.56 Å². The Bertz CT molecular complexity index is 1050. The number of carbonyl (C=O) groups excluding carboxylic acids is 4. The highest BCUT2D eigenvalue weighted by atomic mass is 16.6. The Hall–Kier alpha value is -3.75. The van der Waals surface area contributed by atoms with Gasteiger partial charge in [0.1, 0.15) is 12.2 Å². The van der Waals surface area contributed by atoms with E-state index in [-0.39, 0.29) is 29.5 Å². The Morgan fingerprint density at radius 2 is 1.60 bits per heavy atom. The van der Waals surface area contributed by atoms with E-state index in [2.05, 4.69) is 4.98 Å². The number of esters is 3. The Morgan fingerprint density at radius 1 is 0.943 bits per heavy atom. The average molecular weight is 486 g/mol. The molecule has 0 saturated heterocycles. The second-order valence-electron chi connectivity index (χ2n) is 8.43. The lowest BCUT2D eigenvalue weighted by molar-refractivity contribution is -0.159. The van der Waals surface area contributed by atoms with Crippen molar-refractivity contribution >= 4 is 23.7 Å². The van der Waals surface area contributed by atoms with E-state index in [4.69, 9.17) is 18.9 Å². The van der Waals surface area contributed by atoms with Crippen molar-refractivity contribution in [1.82, 2.24) is 4.98 Å². The van der Waals surface area contributed by atoms with Gasteiger partial charge in [-0.1, -0.05) is 39.0 Å². The molecule has 35 heavy (non-hydrogen) atoms. The van der Waals surface area contributed by atoms with Gasteiger partial charge in [0.25, 0.3) is 0 Å². The Labute approximate surface area is 204 Å². The molecule has 1 aromatic carbocycles. The van der Waals surface area contributed by atoms with E-state index in [1.165, 1.54) is 26.3 Å². The van der Waals surface area contributed by atoms with E-state index >= 15 is 0 Å². The van der Waals surface area contributed by atoms with Crippen molar-refractivity contribution in [2.45, 2.75) is 53.2 Å². The van der Waals surface area contributed by atoms with Crippen LogP contribution >= 0.6 is 0 Å². The molecule has 0 unspecified atom stereocenters. The third-order valence-corrected chi connectivity index (χ3v) is 5.17. The lowest BCUT2D eigenvalue weighted by Crippen LogP contribution is -2.38. The lowest BCUT2D eigenvalue weighted by atomic mass is 10.0. The molecule has 0 aliphatic carbocycles. The third kappa shape index (κ3) is 7.63. The fourth-order valence-electron chi connectivity index (χ4n) is 3.40. The zero-order valence-corrected chi connectivity index (χ0v) is 20.8. The number of ether oxygens (including phenoxy) is 4. The lowest BCUT2D eigenvalue weighted by Gasteiger charge is -2.28. The Balaban J connectivity index is 2.07. The fraction of sp³-hybridized carbons (Fsp3) is 0.423. The number of ketones is 1. The van der Waals surface area contributed by atoms with Gasteiger partial charge in [0.15, 0.2) is 17.2 Å². The third-order valence-electron chi connectivity index (χ3n) is 5.17. The average Bonchev–Trinajstić information content (AvgIpc) is 2.82. The van der Waals surface area contributed by atoms with E-state index in [9.17, 15) is 19.2 Å². The van der Waals surface area contributed by atoms with Gasteiger partial charge in [-0.05, 0) is 25.0 Å². The van der Waals surface area contributed by atoms with Crippen molar-refractivity contribution in [3.8, 4) is 11.5 Å². The first-order valence-corrected chi connectivity index (χ1v) is 11.3. The van der Waals surface area contributed by atoms with Crippen LogP contribution in [0.2, 0.25) is 0 Å². The maximum atomic E-state index is 12.9. The van der Waals surface area contributed by atoms with Crippen LogP contribution < -0.4 is 9.47 Å². The van der Waals surface area contributed by atoms with Gasteiger partial charge in [-0.15, -0.1) is 0 Å².